The van der Waals surface area contributed by atoms with Gasteiger partial charge in [-0.05, 0) is 73.5 Å². The van der Waals surface area contributed by atoms with Crippen molar-refractivity contribution in [2.75, 3.05) is 4.90 Å². The van der Waals surface area contributed by atoms with Crippen LogP contribution in [0.4, 0.5) is 17.1 Å². The van der Waals surface area contributed by atoms with Crippen LogP contribution in [0.5, 0.6) is 11.5 Å². The van der Waals surface area contributed by atoms with Gasteiger partial charge in [0, 0.05) is 37.0 Å². The number of ether oxygens (including phenoxy) is 2. The standard InChI is InChI=1S/C32H29NO4/c1-22-5-13-28(14-6-22)33(29-15-7-23(2)8-16-29)30-17-11-26(12-18-30)9-10-27-19-31(36-24(3)34)21-32(20-27)37-25(4)35/h5-21H,1-4H3. The molecule has 0 saturated carbocycles. The second-order valence-electron chi connectivity index (χ2n) is 8.86. The third kappa shape index (κ3) is 6.95. The fraction of sp³-hybridized carbons (Fsp3) is 0.125. The Kier molecular flexibility index (Phi) is 7.84. The van der Waals surface area contributed by atoms with Gasteiger partial charge >= 0.3 is 11.9 Å². The Morgan fingerprint density at radius 1 is 0.568 bits per heavy atom. The van der Waals surface area contributed by atoms with Gasteiger partial charge < -0.3 is 14.4 Å². The summed E-state index contributed by atoms with van der Waals surface area (Å²) >= 11 is 0. The Morgan fingerprint density at radius 2 is 0.946 bits per heavy atom. The third-order valence-corrected chi connectivity index (χ3v) is 5.63. The molecule has 4 aromatic rings. The molecule has 4 rings (SSSR count). The van der Waals surface area contributed by atoms with Crippen molar-refractivity contribution in [1.82, 2.24) is 0 Å². The lowest BCUT2D eigenvalue weighted by Gasteiger charge is -2.25. The molecule has 0 saturated heterocycles. The van der Waals surface area contributed by atoms with Gasteiger partial charge in [-0.25, -0.2) is 0 Å². The van der Waals surface area contributed by atoms with E-state index in [1.54, 1.807) is 12.1 Å². The molecule has 5 nitrogen and oxygen atoms in total. The van der Waals surface area contributed by atoms with Crippen LogP contribution >= 0.6 is 0 Å². The van der Waals surface area contributed by atoms with Gasteiger partial charge in [-0.1, -0.05) is 59.7 Å². The SMILES string of the molecule is CC(=O)Oc1cc(C=Cc2ccc(N(c3ccc(C)cc3)c3ccc(C)cc3)cc2)cc(OC(C)=O)c1. The summed E-state index contributed by atoms with van der Waals surface area (Å²) in [5.74, 6) is -0.268. The van der Waals surface area contributed by atoms with E-state index in [2.05, 4.69) is 79.4 Å². The normalized spacial score (nSPS) is 10.8. The Hall–Kier alpha value is -4.64. The number of benzene rings is 4. The van der Waals surface area contributed by atoms with E-state index >= 15 is 0 Å². The molecule has 0 aliphatic heterocycles. The average molecular weight is 492 g/mol. The largest absolute Gasteiger partial charge is 0.427 e. The Balaban J connectivity index is 1.62. The van der Waals surface area contributed by atoms with Gasteiger partial charge in [0.05, 0.1) is 0 Å². The summed E-state index contributed by atoms with van der Waals surface area (Å²) < 4.78 is 10.4. The van der Waals surface area contributed by atoms with Crippen LogP contribution in [0.1, 0.15) is 36.1 Å². The molecule has 0 amide bonds. The molecular formula is C32H29NO4. The first-order chi connectivity index (χ1) is 17.8. The van der Waals surface area contributed by atoms with Crippen molar-refractivity contribution in [3.8, 4) is 11.5 Å². The molecule has 0 bridgehead atoms. The maximum absolute atomic E-state index is 11.4. The lowest BCUT2D eigenvalue weighted by molar-refractivity contribution is -0.132. The highest BCUT2D eigenvalue weighted by Gasteiger charge is 2.12. The van der Waals surface area contributed by atoms with Crippen molar-refractivity contribution in [2.45, 2.75) is 27.7 Å². The number of esters is 2. The molecule has 0 atom stereocenters. The van der Waals surface area contributed by atoms with Crippen LogP contribution in [0.15, 0.2) is 91.0 Å². The molecule has 0 fully saturated rings. The molecule has 0 radical (unpaired) electrons. The van der Waals surface area contributed by atoms with Crippen LogP contribution in [-0.4, -0.2) is 11.9 Å². The zero-order valence-corrected chi connectivity index (χ0v) is 21.4. The molecule has 37 heavy (non-hydrogen) atoms. The monoisotopic (exact) mass is 491 g/mol. The summed E-state index contributed by atoms with van der Waals surface area (Å²) in [6, 6.07) is 30.2. The summed E-state index contributed by atoms with van der Waals surface area (Å²) in [6.45, 7) is 6.81. The summed E-state index contributed by atoms with van der Waals surface area (Å²) in [5.41, 5.74) is 7.35. The molecule has 0 N–H and O–H groups in total. The van der Waals surface area contributed by atoms with Crippen molar-refractivity contribution in [3.63, 3.8) is 0 Å². The van der Waals surface area contributed by atoms with Gasteiger partial charge in [-0.2, -0.15) is 0 Å². The van der Waals surface area contributed by atoms with Crippen LogP contribution < -0.4 is 14.4 Å². The maximum atomic E-state index is 11.4. The molecule has 0 spiro atoms. The first-order valence-electron chi connectivity index (χ1n) is 12.0. The van der Waals surface area contributed by atoms with Gasteiger partial charge in [0.2, 0.25) is 0 Å². The molecular weight excluding hydrogens is 462 g/mol. The van der Waals surface area contributed by atoms with E-state index in [0.29, 0.717) is 11.5 Å². The first-order valence-corrected chi connectivity index (χ1v) is 12.0. The van der Waals surface area contributed by atoms with E-state index in [1.165, 1.54) is 31.0 Å². The highest BCUT2D eigenvalue weighted by molar-refractivity contribution is 5.79. The molecule has 0 aliphatic rings. The number of carbonyl (C=O) groups is 2. The van der Waals surface area contributed by atoms with Gasteiger partial charge in [0.25, 0.3) is 0 Å². The highest BCUT2D eigenvalue weighted by atomic mass is 16.5. The second kappa shape index (κ2) is 11.4. The zero-order chi connectivity index (χ0) is 26.4. The molecule has 186 valence electrons. The molecule has 4 aromatic carbocycles. The fourth-order valence-electron chi connectivity index (χ4n) is 3.90. The van der Waals surface area contributed by atoms with E-state index in [-0.39, 0.29) is 0 Å². The van der Waals surface area contributed by atoms with Crippen molar-refractivity contribution < 1.29 is 19.1 Å². The van der Waals surface area contributed by atoms with E-state index < -0.39 is 11.9 Å². The van der Waals surface area contributed by atoms with Crippen molar-refractivity contribution in [1.29, 1.82) is 0 Å². The first kappa shape index (κ1) is 25.5. The third-order valence-electron chi connectivity index (χ3n) is 5.63. The minimum Gasteiger partial charge on any atom is -0.427 e. The van der Waals surface area contributed by atoms with Crippen molar-refractivity contribution in [3.05, 3.63) is 113 Å². The Labute approximate surface area is 217 Å². The molecule has 0 unspecified atom stereocenters. The average Bonchev–Trinajstić information content (AvgIpc) is 2.85. The number of anilines is 3. The maximum Gasteiger partial charge on any atom is 0.308 e. The Bertz CT molecular complexity index is 1340. The van der Waals surface area contributed by atoms with Crippen LogP contribution in [-0.2, 0) is 9.59 Å². The zero-order valence-electron chi connectivity index (χ0n) is 21.4. The predicted octanol–water partition coefficient (Wildman–Crippen LogP) is 7.79. The quantitative estimate of drug-likeness (QED) is 0.150. The van der Waals surface area contributed by atoms with E-state index in [4.69, 9.17) is 9.47 Å². The number of hydrogen-bond donors (Lipinski definition) is 0. The highest BCUT2D eigenvalue weighted by Crippen LogP contribution is 2.35. The number of rotatable bonds is 7. The Morgan fingerprint density at radius 3 is 1.35 bits per heavy atom. The minimum absolute atomic E-state index is 0.313. The molecule has 5 heteroatoms. The van der Waals surface area contributed by atoms with Crippen molar-refractivity contribution >= 4 is 41.2 Å². The number of carbonyl (C=O) groups excluding carboxylic acids is 2. The van der Waals surface area contributed by atoms with E-state index in [1.807, 2.05) is 24.3 Å². The summed E-state index contributed by atoms with van der Waals surface area (Å²) in [5, 5.41) is 0. The van der Waals surface area contributed by atoms with Gasteiger partial charge in [0.15, 0.2) is 0 Å². The van der Waals surface area contributed by atoms with Gasteiger partial charge in [0.1, 0.15) is 11.5 Å². The summed E-state index contributed by atoms with van der Waals surface area (Å²) in [6.07, 6.45) is 3.84. The van der Waals surface area contributed by atoms with E-state index in [0.717, 1.165) is 28.2 Å². The van der Waals surface area contributed by atoms with Crippen LogP contribution in [0.2, 0.25) is 0 Å². The molecule has 0 heterocycles. The topological polar surface area (TPSA) is 55.8 Å². The summed E-state index contributed by atoms with van der Waals surface area (Å²) in [4.78, 5) is 25.0. The smallest absolute Gasteiger partial charge is 0.308 e. The van der Waals surface area contributed by atoms with Gasteiger partial charge in [-0.15, -0.1) is 0 Å². The lowest BCUT2D eigenvalue weighted by atomic mass is 10.1. The molecule has 0 aromatic heterocycles. The van der Waals surface area contributed by atoms with Crippen LogP contribution in [0.3, 0.4) is 0 Å². The lowest BCUT2D eigenvalue weighted by Crippen LogP contribution is -2.09. The predicted molar refractivity (Wildman–Crippen MR) is 149 cm³/mol. The summed E-state index contributed by atoms with van der Waals surface area (Å²) in [7, 11) is 0. The van der Waals surface area contributed by atoms with Crippen molar-refractivity contribution in [2.24, 2.45) is 0 Å². The van der Waals surface area contributed by atoms with Crippen LogP contribution in [0, 0.1) is 13.8 Å². The minimum atomic E-state index is -0.447. The van der Waals surface area contributed by atoms with Gasteiger partial charge in [-0.3, -0.25) is 9.59 Å². The van der Waals surface area contributed by atoms with Crippen LogP contribution in [0.25, 0.3) is 12.2 Å². The number of aryl methyl sites for hydroxylation is 2. The second-order valence-corrected chi connectivity index (χ2v) is 8.86. The molecule has 0 aliphatic carbocycles. The number of hydrogen-bond acceptors (Lipinski definition) is 5. The number of nitrogens with zero attached hydrogens (tertiary/aromatic N) is 1. The van der Waals surface area contributed by atoms with E-state index in [9.17, 15) is 9.59 Å². The fourth-order valence-corrected chi connectivity index (χ4v) is 3.90.